The first-order valence-electron chi connectivity index (χ1n) is 18.2. The summed E-state index contributed by atoms with van der Waals surface area (Å²) in [5.74, 6) is 0. The maximum atomic E-state index is 10.1. The summed E-state index contributed by atoms with van der Waals surface area (Å²) in [7, 11) is -17.4. The second-order valence-corrected chi connectivity index (χ2v) is 26.8. The number of nitrogens with one attached hydrogen (secondary N) is 4. The smallest absolute Gasteiger partial charge is 2.00 e. The molecular formula is C36H68N8O16P4V4. The first-order chi connectivity index (χ1) is 26.2. The molecule has 0 saturated carbocycles. The van der Waals surface area contributed by atoms with E-state index >= 15 is 0 Å². The SMILES string of the molecule is CC(C)(C)P(=O)([O-])[O-].CC(C)(C)P(=O)([O-])[O-].CC(C)(C)P(=O)([O-])[O-].CC(C)(C)P(=O)([O-])[O-].Cc1cc(C)[nH]n1.Cc1cc(C)[nH]n1.Cc1cc(C)[nH]n1.Cc1cc(C)[nH]n1.[O-2].[O-2].[O-2].[O-2].[V+4].[V+4].[V+4].[V+4]. The van der Waals surface area contributed by atoms with Crippen molar-refractivity contribution in [3.05, 3.63) is 69.8 Å². The largest absolute Gasteiger partial charge is 4.00 e. The van der Waals surface area contributed by atoms with Gasteiger partial charge in [0.25, 0.3) is 0 Å². The number of hydrogen-bond donors (Lipinski definition) is 4. The molecule has 0 saturated heterocycles. The van der Waals surface area contributed by atoms with Gasteiger partial charge in [0, 0.05) is 22.8 Å². The van der Waals surface area contributed by atoms with E-state index in [1.807, 2.05) is 79.7 Å². The van der Waals surface area contributed by atoms with Crippen LogP contribution in [0.4, 0.5) is 0 Å². The van der Waals surface area contributed by atoms with Crippen LogP contribution in [0.2, 0.25) is 0 Å². The molecule has 0 amide bonds. The fraction of sp³-hybridized carbons (Fsp3) is 0.667. The zero-order chi connectivity index (χ0) is 49.1. The van der Waals surface area contributed by atoms with Crippen LogP contribution in [0.1, 0.15) is 129 Å². The Morgan fingerprint density at radius 1 is 0.324 bits per heavy atom. The van der Waals surface area contributed by atoms with E-state index in [9.17, 15) is 57.4 Å². The summed E-state index contributed by atoms with van der Waals surface area (Å²) in [5.41, 5.74) is 8.70. The molecule has 4 N–H and O–H groups in total. The maximum Gasteiger partial charge on any atom is 4.00 e. The molecule has 0 atom stereocenters. The predicted molar refractivity (Wildman–Crippen MR) is 224 cm³/mol. The summed E-state index contributed by atoms with van der Waals surface area (Å²) in [5, 5.41) is 22.4. The van der Waals surface area contributed by atoms with Crippen molar-refractivity contribution in [3.8, 4) is 0 Å². The molecule has 0 aliphatic carbocycles. The number of aromatic amines is 4. The number of rotatable bonds is 0. The number of aromatic nitrogens is 8. The van der Waals surface area contributed by atoms with Crippen molar-refractivity contribution in [2.75, 3.05) is 0 Å². The summed E-state index contributed by atoms with van der Waals surface area (Å²) in [6.45, 7) is 32.4. The second-order valence-electron chi connectivity index (χ2n) is 17.4. The van der Waals surface area contributed by atoms with Crippen LogP contribution in [-0.4, -0.2) is 61.4 Å². The van der Waals surface area contributed by atoms with Gasteiger partial charge in [-0.25, -0.2) is 0 Å². The van der Waals surface area contributed by atoms with Gasteiger partial charge in [-0.3, -0.25) is 20.4 Å². The number of hydrogen-bond acceptors (Lipinski definition) is 16. The van der Waals surface area contributed by atoms with Gasteiger partial charge in [-0.1, -0.05) is 113 Å². The van der Waals surface area contributed by atoms with E-state index in [1.165, 1.54) is 83.1 Å². The molecule has 32 heteroatoms. The van der Waals surface area contributed by atoms with Gasteiger partial charge in [-0.15, -0.1) is 0 Å². The van der Waals surface area contributed by atoms with Crippen molar-refractivity contribution in [1.82, 2.24) is 40.8 Å². The van der Waals surface area contributed by atoms with Gasteiger partial charge >= 0.3 is 74.2 Å². The van der Waals surface area contributed by atoms with E-state index in [1.54, 1.807) is 0 Å². The van der Waals surface area contributed by atoms with Gasteiger partial charge in [-0.05, 0) is 100 Å². The molecule has 0 unspecified atom stereocenters. The first kappa shape index (κ1) is 97.0. The maximum absolute atomic E-state index is 10.1. The predicted octanol–water partition coefficient (Wildman–Crippen LogP) is 2.42. The van der Waals surface area contributed by atoms with Crippen molar-refractivity contribution in [2.24, 2.45) is 0 Å². The third-order valence-electron chi connectivity index (χ3n) is 6.62. The summed E-state index contributed by atoms with van der Waals surface area (Å²) in [6, 6.07) is 8.00. The van der Waals surface area contributed by atoms with Gasteiger partial charge in [0.1, 0.15) is 0 Å². The summed E-state index contributed by atoms with van der Waals surface area (Å²) >= 11 is 0. The zero-order valence-corrected chi connectivity index (χ0v) is 51.4. The van der Waals surface area contributed by atoms with Crippen molar-refractivity contribution in [3.63, 3.8) is 0 Å². The monoisotopic (exact) mass is 1200 g/mol. The topological polar surface area (TPSA) is 481 Å². The van der Waals surface area contributed by atoms with Crippen molar-refractivity contribution in [2.45, 2.75) is 159 Å². The molecule has 0 aromatic carbocycles. The molecule has 4 rings (SSSR count). The van der Waals surface area contributed by atoms with E-state index < -0.39 is 51.0 Å². The standard InChI is InChI=1S/4C5H8N2.4C4H11O3P.4O.4V/c4*1-4-3-5(2)7-6-4;4*1-4(2,3)8(5,6)7;;;;;;;;/h4*3H,1-2H3,(H,6,7);4*1-3H3,(H2,5,6,7);;;;;;;;/q;;;;;;;;4*-2;4*+4/p-8. The molecule has 0 fully saturated rings. The number of nitrogens with zero attached hydrogens (tertiary/aromatic N) is 4. The van der Waals surface area contributed by atoms with Gasteiger partial charge in [0.2, 0.25) is 0 Å². The molecule has 4 aromatic rings. The molecule has 0 aliphatic heterocycles. The summed E-state index contributed by atoms with van der Waals surface area (Å²) < 4.78 is 40.5. The minimum atomic E-state index is -4.35. The molecular weight excluding hydrogens is 1130 g/mol. The molecule has 0 aliphatic rings. The van der Waals surface area contributed by atoms with Crippen molar-refractivity contribution >= 4 is 30.4 Å². The number of H-pyrrole nitrogens is 4. The van der Waals surface area contributed by atoms with E-state index in [4.69, 9.17) is 0 Å². The fourth-order valence-electron chi connectivity index (χ4n) is 2.22. The Labute approximate surface area is 450 Å². The molecule has 24 nitrogen and oxygen atoms in total. The molecule has 4 heterocycles. The van der Waals surface area contributed by atoms with E-state index in [-0.39, 0.29) is 96.1 Å². The van der Waals surface area contributed by atoms with Gasteiger partial charge in [-0.2, -0.15) is 20.4 Å². The zero-order valence-electron chi connectivity index (χ0n) is 42.2. The minimum absolute atomic E-state index is 0. The van der Waals surface area contributed by atoms with Crippen LogP contribution in [0.5, 0.6) is 0 Å². The van der Waals surface area contributed by atoms with Crippen LogP contribution >= 0.6 is 30.4 Å². The summed E-state index contributed by atoms with van der Waals surface area (Å²) in [4.78, 5) is 81.0. The summed E-state index contributed by atoms with van der Waals surface area (Å²) in [6.07, 6.45) is 0. The minimum Gasteiger partial charge on any atom is -2.00 e. The van der Waals surface area contributed by atoms with E-state index in [0.717, 1.165) is 45.6 Å². The number of aryl methyl sites for hydroxylation is 8. The average Bonchev–Trinajstić information content (AvgIpc) is 3.77. The van der Waals surface area contributed by atoms with Crippen molar-refractivity contribution < 1.29 is 154 Å². The fourth-order valence-corrected chi connectivity index (χ4v) is 2.22. The molecule has 388 valence electrons. The average molecular weight is 1200 g/mol. The Morgan fingerprint density at radius 3 is 0.426 bits per heavy atom. The Hall–Kier alpha value is -0.382. The van der Waals surface area contributed by atoms with Crippen LogP contribution < -0.4 is 39.1 Å². The second kappa shape index (κ2) is 41.0. The first-order valence-corrected chi connectivity index (χ1v) is 24.4. The molecule has 4 radical (unpaired) electrons. The van der Waals surface area contributed by atoms with Crippen molar-refractivity contribution in [1.29, 1.82) is 0 Å². The Kier molecular flexibility index (Phi) is 58.5. The Morgan fingerprint density at radius 2 is 0.412 bits per heavy atom. The quantitative estimate of drug-likeness (QED) is 0.184. The van der Waals surface area contributed by atoms with Crippen LogP contribution in [0.25, 0.3) is 0 Å². The normalized spacial score (nSPS) is 10.5. The van der Waals surface area contributed by atoms with E-state index in [0.29, 0.717) is 0 Å². The van der Waals surface area contributed by atoms with Gasteiger partial charge in [0.05, 0.1) is 22.8 Å². The molecule has 68 heavy (non-hydrogen) atoms. The van der Waals surface area contributed by atoms with Crippen LogP contribution in [-0.2, 0) is 114 Å². The van der Waals surface area contributed by atoms with Crippen LogP contribution in [0, 0.1) is 55.4 Å². The van der Waals surface area contributed by atoms with Crippen LogP contribution in [0.3, 0.4) is 0 Å². The van der Waals surface area contributed by atoms with Crippen LogP contribution in [0.15, 0.2) is 24.3 Å². The molecule has 0 spiro atoms. The Bertz CT molecular complexity index is 1640. The third kappa shape index (κ3) is 53.4. The molecule has 0 bridgehead atoms. The molecule has 4 aromatic heterocycles. The van der Waals surface area contributed by atoms with Gasteiger partial charge < -0.3 is 79.3 Å². The Balaban J connectivity index is -0.0000000518. The van der Waals surface area contributed by atoms with E-state index in [2.05, 4.69) is 40.8 Å². The third-order valence-corrected chi connectivity index (χ3v) is 13.2. The van der Waals surface area contributed by atoms with Gasteiger partial charge in [0.15, 0.2) is 0 Å².